The number of nitrogens with zero attached hydrogens (tertiary/aromatic N) is 1. The molecular weight excluding hydrogens is 259 g/mol. The number of carbonyl (C=O) groups is 1. The van der Waals surface area contributed by atoms with E-state index in [9.17, 15) is 9.18 Å². The minimum absolute atomic E-state index is 0. The van der Waals surface area contributed by atoms with Crippen molar-refractivity contribution < 1.29 is 13.9 Å². The van der Waals surface area contributed by atoms with Crippen LogP contribution in [0.5, 0.6) is 5.75 Å². The second kappa shape index (κ2) is 7.89. The van der Waals surface area contributed by atoms with Crippen LogP contribution in [0.25, 0.3) is 0 Å². The van der Waals surface area contributed by atoms with Crippen LogP contribution in [0.3, 0.4) is 0 Å². The summed E-state index contributed by atoms with van der Waals surface area (Å²) in [7, 11) is 4.88. The Kier molecular flexibility index (Phi) is 7.31. The fourth-order valence-corrected chi connectivity index (χ4v) is 1.40. The Bertz CT molecular complexity index is 402. The Morgan fingerprint density at radius 1 is 1.50 bits per heavy atom. The van der Waals surface area contributed by atoms with Crippen LogP contribution in [0, 0.1) is 5.82 Å². The second-order valence-electron chi connectivity index (χ2n) is 3.68. The molecule has 18 heavy (non-hydrogen) atoms. The van der Waals surface area contributed by atoms with Gasteiger partial charge in [0.25, 0.3) is 5.91 Å². The first-order valence-electron chi connectivity index (χ1n) is 5.33. The molecule has 1 N–H and O–H groups in total. The molecule has 102 valence electrons. The third-order valence-corrected chi connectivity index (χ3v) is 2.44. The zero-order valence-corrected chi connectivity index (χ0v) is 11.5. The van der Waals surface area contributed by atoms with Crippen molar-refractivity contribution in [1.82, 2.24) is 10.2 Å². The predicted octanol–water partition coefficient (Wildman–Crippen LogP) is 1.55. The van der Waals surface area contributed by atoms with Crippen molar-refractivity contribution in [3.05, 3.63) is 29.6 Å². The van der Waals surface area contributed by atoms with E-state index in [1.807, 2.05) is 7.05 Å². The lowest BCUT2D eigenvalue weighted by atomic mass is 10.2. The van der Waals surface area contributed by atoms with Crippen LogP contribution in [-0.4, -0.2) is 45.1 Å². The van der Waals surface area contributed by atoms with Gasteiger partial charge in [0, 0.05) is 25.7 Å². The summed E-state index contributed by atoms with van der Waals surface area (Å²) in [5.41, 5.74) is 0.321. The maximum atomic E-state index is 13.4. The molecule has 0 atom stereocenters. The molecule has 0 radical (unpaired) electrons. The molecule has 6 heteroatoms. The van der Waals surface area contributed by atoms with Gasteiger partial charge in [-0.2, -0.15) is 0 Å². The number of carbonyl (C=O) groups excluding carboxylic acids is 1. The van der Waals surface area contributed by atoms with Crippen LogP contribution in [0.15, 0.2) is 18.2 Å². The topological polar surface area (TPSA) is 41.6 Å². The van der Waals surface area contributed by atoms with Crippen molar-refractivity contribution in [3.8, 4) is 5.75 Å². The lowest BCUT2D eigenvalue weighted by Crippen LogP contribution is -2.32. The molecule has 1 amide bonds. The molecule has 0 saturated heterocycles. The summed E-state index contributed by atoms with van der Waals surface area (Å²) in [4.78, 5) is 13.4. The highest BCUT2D eigenvalue weighted by Crippen LogP contribution is 2.18. The number of rotatable bonds is 5. The highest BCUT2D eigenvalue weighted by atomic mass is 35.5. The highest BCUT2D eigenvalue weighted by Gasteiger charge is 2.13. The van der Waals surface area contributed by atoms with E-state index in [2.05, 4.69) is 5.32 Å². The zero-order valence-electron chi connectivity index (χ0n) is 10.7. The Balaban J connectivity index is 0.00000289. The molecule has 1 aromatic carbocycles. The van der Waals surface area contributed by atoms with Gasteiger partial charge in [0.05, 0.1) is 7.11 Å². The third kappa shape index (κ3) is 4.16. The first kappa shape index (κ1) is 16.7. The number of hydrogen-bond donors (Lipinski definition) is 1. The fourth-order valence-electron chi connectivity index (χ4n) is 1.40. The van der Waals surface area contributed by atoms with E-state index in [0.717, 1.165) is 0 Å². The van der Waals surface area contributed by atoms with E-state index >= 15 is 0 Å². The van der Waals surface area contributed by atoms with Crippen LogP contribution < -0.4 is 10.1 Å². The van der Waals surface area contributed by atoms with Crippen molar-refractivity contribution in [2.24, 2.45) is 0 Å². The molecule has 0 aliphatic heterocycles. The first-order chi connectivity index (χ1) is 8.10. The van der Waals surface area contributed by atoms with E-state index in [1.54, 1.807) is 13.1 Å². The van der Waals surface area contributed by atoms with Gasteiger partial charge in [-0.25, -0.2) is 4.39 Å². The normalized spacial score (nSPS) is 9.56. The molecule has 0 fully saturated rings. The molecule has 0 spiro atoms. The van der Waals surface area contributed by atoms with Gasteiger partial charge in [-0.05, 0) is 25.2 Å². The van der Waals surface area contributed by atoms with E-state index < -0.39 is 5.82 Å². The lowest BCUT2D eigenvalue weighted by Gasteiger charge is -2.17. The lowest BCUT2D eigenvalue weighted by molar-refractivity contribution is 0.0796. The van der Waals surface area contributed by atoms with Gasteiger partial charge in [0.1, 0.15) is 0 Å². The molecule has 0 aliphatic rings. The van der Waals surface area contributed by atoms with Crippen molar-refractivity contribution in [2.45, 2.75) is 0 Å². The van der Waals surface area contributed by atoms with Crippen molar-refractivity contribution in [1.29, 1.82) is 0 Å². The van der Waals surface area contributed by atoms with Gasteiger partial charge in [0.2, 0.25) is 0 Å². The summed E-state index contributed by atoms with van der Waals surface area (Å²) in [5, 5.41) is 2.95. The van der Waals surface area contributed by atoms with Crippen molar-refractivity contribution >= 4 is 18.3 Å². The number of hydrogen-bond acceptors (Lipinski definition) is 3. The molecule has 0 aliphatic carbocycles. The van der Waals surface area contributed by atoms with Crippen molar-refractivity contribution in [3.63, 3.8) is 0 Å². The Morgan fingerprint density at radius 2 is 2.17 bits per heavy atom. The number of likely N-dealkylation sites (N-methyl/N-ethyl adjacent to an activating group) is 2. The quantitative estimate of drug-likeness (QED) is 0.887. The monoisotopic (exact) mass is 276 g/mol. The van der Waals surface area contributed by atoms with Gasteiger partial charge >= 0.3 is 0 Å². The van der Waals surface area contributed by atoms with E-state index in [0.29, 0.717) is 18.7 Å². The SMILES string of the molecule is CNCCN(C)C(=O)c1ccc(OC)c(F)c1.Cl. The largest absolute Gasteiger partial charge is 0.494 e. The molecular formula is C12H18ClFN2O2. The van der Waals surface area contributed by atoms with Gasteiger partial charge in [-0.3, -0.25) is 4.79 Å². The Morgan fingerprint density at radius 3 is 2.67 bits per heavy atom. The van der Waals surface area contributed by atoms with Crippen LogP contribution >= 0.6 is 12.4 Å². The molecule has 0 bridgehead atoms. The number of methoxy groups -OCH3 is 1. The number of benzene rings is 1. The van der Waals surface area contributed by atoms with Crippen molar-refractivity contribution in [2.75, 3.05) is 34.3 Å². The maximum absolute atomic E-state index is 13.4. The third-order valence-electron chi connectivity index (χ3n) is 2.44. The number of nitrogens with one attached hydrogen (secondary N) is 1. The molecule has 0 saturated carbocycles. The Labute approximate surface area is 113 Å². The molecule has 1 rings (SSSR count). The molecule has 0 aromatic heterocycles. The molecule has 4 nitrogen and oxygen atoms in total. The number of ether oxygens (including phenoxy) is 1. The molecule has 0 heterocycles. The van der Waals surface area contributed by atoms with Crippen LogP contribution in [0.1, 0.15) is 10.4 Å². The number of halogens is 2. The van der Waals surface area contributed by atoms with Crippen LogP contribution in [-0.2, 0) is 0 Å². The standard InChI is InChI=1S/C12H17FN2O2.ClH/c1-14-6-7-15(2)12(16)9-4-5-11(17-3)10(13)8-9;/h4-5,8,14H,6-7H2,1-3H3;1H. The predicted molar refractivity (Wildman–Crippen MR) is 71.1 cm³/mol. The van der Waals surface area contributed by atoms with Crippen LogP contribution in [0.4, 0.5) is 4.39 Å². The van der Waals surface area contributed by atoms with E-state index in [-0.39, 0.29) is 24.1 Å². The summed E-state index contributed by atoms with van der Waals surface area (Å²) in [5.74, 6) is -0.596. The van der Waals surface area contributed by atoms with E-state index in [1.165, 1.54) is 24.1 Å². The molecule has 0 unspecified atom stereocenters. The van der Waals surface area contributed by atoms with Gasteiger partial charge in [-0.15, -0.1) is 12.4 Å². The minimum Gasteiger partial charge on any atom is -0.494 e. The summed E-state index contributed by atoms with van der Waals surface area (Å²) >= 11 is 0. The maximum Gasteiger partial charge on any atom is 0.253 e. The summed E-state index contributed by atoms with van der Waals surface area (Å²) in [6, 6.07) is 4.20. The first-order valence-corrected chi connectivity index (χ1v) is 5.33. The smallest absolute Gasteiger partial charge is 0.253 e. The van der Waals surface area contributed by atoms with Crippen LogP contribution in [0.2, 0.25) is 0 Å². The summed E-state index contributed by atoms with van der Waals surface area (Å²) in [6.45, 7) is 1.27. The average Bonchev–Trinajstić information content (AvgIpc) is 2.34. The number of amides is 1. The average molecular weight is 277 g/mol. The van der Waals surface area contributed by atoms with E-state index in [4.69, 9.17) is 4.74 Å². The van der Waals surface area contributed by atoms with Gasteiger partial charge in [-0.1, -0.05) is 0 Å². The van der Waals surface area contributed by atoms with Gasteiger partial charge in [0.15, 0.2) is 11.6 Å². The van der Waals surface area contributed by atoms with Gasteiger partial charge < -0.3 is 15.0 Å². The second-order valence-corrected chi connectivity index (χ2v) is 3.68. The molecule has 1 aromatic rings. The highest BCUT2D eigenvalue weighted by molar-refractivity contribution is 5.94. The Hall–Kier alpha value is -1.33. The minimum atomic E-state index is -0.527. The summed E-state index contributed by atoms with van der Waals surface area (Å²) < 4.78 is 18.2. The zero-order chi connectivity index (χ0) is 12.8. The summed E-state index contributed by atoms with van der Waals surface area (Å²) in [6.07, 6.45) is 0. The fraction of sp³-hybridized carbons (Fsp3) is 0.417.